The molecule has 0 unspecified atom stereocenters. The molecule has 0 aliphatic heterocycles. The third kappa shape index (κ3) is 2.30. The second-order valence-electron chi connectivity index (χ2n) is 0.548. The van der Waals surface area contributed by atoms with Gasteiger partial charge in [-0.25, -0.2) is 4.79 Å². The van der Waals surface area contributed by atoms with Crippen molar-refractivity contribution in [2.45, 2.75) is 4.81 Å². The van der Waals surface area contributed by atoms with Gasteiger partial charge in [-0.05, 0) is 0 Å². The molecule has 0 aromatic heterocycles. The Bertz CT molecular complexity index is 98.7. The lowest BCUT2D eigenvalue weighted by atomic mass is 10.8. The number of rotatable bonds is 1. The largest absolute Gasteiger partial charge is 0.479 e. The highest BCUT2D eigenvalue weighted by Gasteiger charge is 2.05. The van der Waals surface area contributed by atoms with Crippen LogP contribution in [0.5, 0.6) is 0 Å². The molecule has 0 aromatic carbocycles. The van der Waals surface area contributed by atoms with Gasteiger partial charge in [0.1, 0.15) is 0 Å². The van der Waals surface area contributed by atoms with Crippen molar-refractivity contribution in [1.29, 1.82) is 1.43 Å². The summed E-state index contributed by atoms with van der Waals surface area (Å²) >= 11 is 9.64. The van der Waals surface area contributed by atoms with E-state index in [0.29, 0.717) is 0 Å². The van der Waals surface area contributed by atoms with E-state index in [4.69, 9.17) is 26.0 Å². The number of hydrogen-bond donors (Lipinski definition) is 1. The molecule has 0 fully saturated rings. The number of carbonyl (C=O) groups is 1. The smallest absolute Gasteiger partial charge is 0.337 e. The topological polar surface area (TPSA) is 37.3 Å². The minimum absolute atomic E-state index is 1.30. The Kier molecular flexibility index (Phi) is 1.17. The van der Waals surface area contributed by atoms with E-state index in [1.54, 1.807) is 0 Å². The van der Waals surface area contributed by atoms with Gasteiger partial charge in [-0.3, -0.25) is 0 Å². The first kappa shape index (κ1) is 3.10. The van der Waals surface area contributed by atoms with Crippen molar-refractivity contribution >= 4 is 29.2 Å². The molecule has 2 nitrogen and oxygen atoms in total. The molecule has 0 saturated heterocycles. The molecule has 0 bridgehead atoms. The highest BCUT2D eigenvalue weighted by molar-refractivity contribution is 6.52. The molecule has 6 heavy (non-hydrogen) atoms. The maximum absolute atomic E-state index is 9.97. The minimum Gasteiger partial charge on any atom is -0.479 e. The van der Waals surface area contributed by atoms with E-state index in [1.807, 2.05) is 0 Å². The van der Waals surface area contributed by atoms with Gasteiger partial charge in [-0.2, -0.15) is 0 Å². The predicted octanol–water partition coefficient (Wildman–Crippen LogP) is 0.875. The Labute approximate surface area is 47.6 Å². The van der Waals surface area contributed by atoms with Gasteiger partial charge in [0.15, 0.2) is 0 Å². The van der Waals surface area contributed by atoms with Crippen molar-refractivity contribution < 1.29 is 11.3 Å². The second-order valence-corrected chi connectivity index (χ2v) is 1.50. The Morgan fingerprint density at radius 2 is 2.67 bits per heavy atom. The highest BCUT2D eigenvalue weighted by atomic mass is 35.5. The van der Waals surface area contributed by atoms with Gasteiger partial charge in [-0.15, -0.1) is 0 Å². The zero-order valence-corrected chi connectivity index (χ0v) is 4.08. The van der Waals surface area contributed by atoms with E-state index in [-0.39, 0.29) is 0 Å². The van der Waals surface area contributed by atoms with Crippen molar-refractivity contribution in [3.8, 4) is 0 Å². The molecule has 0 amide bonds. The Morgan fingerprint density at radius 1 is 2.17 bits per heavy atom. The summed E-state index contributed by atoms with van der Waals surface area (Å²) in [7, 11) is 0. The molecule has 0 saturated carbocycles. The molecule has 0 aliphatic rings. The summed E-state index contributed by atoms with van der Waals surface area (Å²) in [4.78, 5) is 7.63. The first-order valence-electron chi connectivity index (χ1n) is 1.94. The van der Waals surface area contributed by atoms with Gasteiger partial charge in [0.05, 0.1) is 1.37 Å². The van der Waals surface area contributed by atoms with Crippen LogP contribution in [0, 0.1) is 0 Å². The van der Waals surface area contributed by atoms with Crippen molar-refractivity contribution in [3.63, 3.8) is 0 Å². The number of aliphatic carboxylic acids is 1. The van der Waals surface area contributed by atoms with E-state index < -0.39 is 10.8 Å². The Hall–Kier alpha value is 0.0500. The average molecular weight is 131 g/mol. The van der Waals surface area contributed by atoms with Crippen LogP contribution in [-0.4, -0.2) is 15.9 Å². The zero-order chi connectivity index (χ0) is 6.78. The summed E-state index contributed by atoms with van der Waals surface area (Å²) in [5, 5.41) is 3.27. The van der Waals surface area contributed by atoms with Crippen LogP contribution in [0.3, 0.4) is 0 Å². The molecule has 36 valence electrons. The molecule has 1 N–H and O–H groups in total. The maximum Gasteiger partial charge on any atom is 0.337 e. The van der Waals surface area contributed by atoms with Crippen molar-refractivity contribution in [2.75, 3.05) is 0 Å². The molecule has 4 heteroatoms. The summed E-state index contributed by atoms with van der Waals surface area (Å²) in [6.45, 7) is 0. The molecule has 0 aromatic rings. The predicted molar refractivity (Wildman–Crippen MR) is 23.1 cm³/mol. The van der Waals surface area contributed by atoms with E-state index in [0.717, 1.165) is 0 Å². The van der Waals surface area contributed by atoms with Crippen LogP contribution in [0.2, 0.25) is 0 Å². The molecule has 0 rings (SSSR count). The van der Waals surface area contributed by atoms with E-state index in [1.165, 1.54) is 0 Å². The van der Waals surface area contributed by atoms with Gasteiger partial charge in [-0.1, -0.05) is 23.2 Å². The normalized spacial score (nSPS) is 15.0. The third-order valence-corrected chi connectivity index (χ3v) is 0.463. The SMILES string of the molecule is [2H]OC(=O)C([2H])(Cl)Cl. The van der Waals surface area contributed by atoms with Crippen LogP contribution in [0.1, 0.15) is 1.37 Å². The van der Waals surface area contributed by atoms with Crippen LogP contribution in [0.4, 0.5) is 0 Å². The highest BCUT2D eigenvalue weighted by Crippen LogP contribution is 1.98. The molecular weight excluding hydrogens is 127 g/mol. The van der Waals surface area contributed by atoms with Crippen molar-refractivity contribution in [2.24, 2.45) is 0 Å². The van der Waals surface area contributed by atoms with Crippen LogP contribution in [0.15, 0.2) is 0 Å². The summed E-state index contributed by atoms with van der Waals surface area (Å²) in [5.41, 5.74) is 0. The van der Waals surface area contributed by atoms with Crippen LogP contribution in [-0.2, 0) is 4.79 Å². The quantitative estimate of drug-likeness (QED) is 0.536. The van der Waals surface area contributed by atoms with E-state index in [2.05, 4.69) is 5.11 Å². The Balaban J connectivity index is 3.82. The fraction of sp³-hybridized carbons (Fsp3) is 0.500. The molecule has 0 radical (unpaired) electrons. The lowest BCUT2D eigenvalue weighted by Gasteiger charge is -1.84. The molecule has 0 atom stereocenters. The third-order valence-electron chi connectivity index (χ3n) is 0.154. The summed E-state index contributed by atoms with van der Waals surface area (Å²) in [6.07, 6.45) is 0. The fourth-order valence-electron chi connectivity index (χ4n) is 0. The van der Waals surface area contributed by atoms with Gasteiger partial charge in [0.25, 0.3) is 1.43 Å². The van der Waals surface area contributed by atoms with E-state index in [9.17, 15) is 4.79 Å². The summed E-state index contributed by atoms with van der Waals surface area (Å²) in [5.74, 6) is -1.30. The second kappa shape index (κ2) is 2.26. The average Bonchev–Trinajstić information content (AvgIpc) is 1.62. The molecule has 0 spiro atoms. The number of carboxylic acid groups (broad SMARTS) is 1. The fourth-order valence-corrected chi connectivity index (χ4v) is 0. The van der Waals surface area contributed by atoms with Gasteiger partial charge >= 0.3 is 5.97 Å². The van der Waals surface area contributed by atoms with Crippen LogP contribution in [0.25, 0.3) is 1.43 Å². The monoisotopic (exact) mass is 130 g/mol. The minimum atomic E-state index is -2.35. The maximum atomic E-state index is 9.97. The number of hydrogen-bond acceptors (Lipinski definition) is 2. The van der Waals surface area contributed by atoms with Crippen molar-refractivity contribution in [1.82, 2.24) is 0 Å². The Morgan fingerprint density at radius 3 is 2.67 bits per heavy atom. The first-order chi connectivity index (χ1) is 3.48. The number of alkyl halides is 2. The van der Waals surface area contributed by atoms with Crippen LogP contribution >= 0.6 is 23.2 Å². The zero-order valence-electron chi connectivity index (χ0n) is 4.57. The van der Waals surface area contributed by atoms with Crippen LogP contribution < -0.4 is 0 Å². The van der Waals surface area contributed by atoms with E-state index >= 15 is 0 Å². The standard InChI is InChI=1S/C2H2Cl2O2/c3-1(4)2(5)6/h1H,(H,5,6)/i1D/hD. The summed E-state index contributed by atoms with van der Waals surface area (Å²) < 4.78 is 12.4. The molecule has 0 aliphatic carbocycles. The van der Waals surface area contributed by atoms with Gasteiger partial charge in [0.2, 0.25) is 4.81 Å². The van der Waals surface area contributed by atoms with Crippen molar-refractivity contribution in [3.05, 3.63) is 0 Å². The first-order valence-corrected chi connectivity index (χ1v) is 1.79. The van der Waals surface area contributed by atoms with Gasteiger partial charge < -0.3 is 5.11 Å². The number of carboxylic acids is 1. The molecular formula is C2H2Cl2O2. The lowest BCUT2D eigenvalue weighted by Crippen LogP contribution is -2.03. The lowest BCUT2D eigenvalue weighted by molar-refractivity contribution is -0.135. The van der Waals surface area contributed by atoms with Gasteiger partial charge in [0, 0.05) is 0 Å². The summed E-state index contributed by atoms with van der Waals surface area (Å²) in [6, 6.07) is 0. The molecule has 0 heterocycles. The number of halogens is 2.